The van der Waals surface area contributed by atoms with E-state index in [1.807, 2.05) is 21.7 Å². The molecule has 0 aliphatic rings. The molecule has 2 heteroatoms. The smallest absolute Gasteiger partial charge is 1.00 e. The number of halogens is 1. The van der Waals surface area contributed by atoms with E-state index in [-0.39, 0.29) is 17.0 Å². The molecule has 0 bridgehead atoms. The van der Waals surface area contributed by atoms with Gasteiger partial charge in [0, 0.05) is 0 Å². The van der Waals surface area contributed by atoms with Crippen LogP contribution in [0.4, 0.5) is 0 Å². The molecule has 0 unspecified atom stereocenters. The first-order valence-corrected chi connectivity index (χ1v) is 4.93. The Morgan fingerprint density at radius 3 is 1.83 bits per heavy atom. The van der Waals surface area contributed by atoms with Gasteiger partial charge >= 0.3 is 81.4 Å². The normalized spacial score (nSPS) is 9.33. The van der Waals surface area contributed by atoms with Crippen LogP contribution in [-0.4, -0.2) is 21.7 Å². The van der Waals surface area contributed by atoms with Gasteiger partial charge < -0.3 is 17.0 Å². The molecule has 12 heavy (non-hydrogen) atoms. The summed E-state index contributed by atoms with van der Waals surface area (Å²) in [7, 11) is 0. The fourth-order valence-electron chi connectivity index (χ4n) is 1.35. The van der Waals surface area contributed by atoms with Crippen molar-refractivity contribution in [1.29, 1.82) is 0 Å². The Hall–Kier alpha value is 0.466. The third kappa shape index (κ3) is 2.75. The van der Waals surface area contributed by atoms with E-state index >= 15 is 0 Å². The minimum atomic E-state index is 0. The van der Waals surface area contributed by atoms with Gasteiger partial charge in [0.2, 0.25) is 0 Å². The summed E-state index contributed by atoms with van der Waals surface area (Å²) >= 11 is 2.02. The van der Waals surface area contributed by atoms with E-state index in [1.165, 1.54) is 14.8 Å². The molecule has 0 amide bonds. The maximum atomic E-state index is 2.22. The molecule has 0 N–H and O–H groups in total. The van der Waals surface area contributed by atoms with Gasteiger partial charge in [-0.15, -0.1) is 0 Å². The minimum absolute atomic E-state index is 0. The second-order valence-corrected chi connectivity index (χ2v) is 3.47. The Kier molecular flexibility index (Phi) is 6.24. The quantitative estimate of drug-likeness (QED) is 0.556. The van der Waals surface area contributed by atoms with Crippen molar-refractivity contribution in [3.05, 3.63) is 29.3 Å². The number of benzene rings is 1. The molecule has 0 aliphatic heterocycles. The van der Waals surface area contributed by atoms with E-state index in [9.17, 15) is 0 Å². The Morgan fingerprint density at radius 1 is 1.08 bits per heavy atom. The molecular weight excluding hydrogens is 224 g/mol. The van der Waals surface area contributed by atoms with Crippen molar-refractivity contribution in [3.8, 4) is 0 Å². The summed E-state index contributed by atoms with van der Waals surface area (Å²) in [5.41, 5.74) is 3.00. The van der Waals surface area contributed by atoms with Gasteiger partial charge in [-0.1, -0.05) is 0 Å². The molecule has 1 aromatic carbocycles. The van der Waals surface area contributed by atoms with Crippen molar-refractivity contribution in [2.24, 2.45) is 0 Å². The molecule has 1 rings (SSSR count). The van der Waals surface area contributed by atoms with Gasteiger partial charge in [-0.2, -0.15) is 0 Å². The minimum Gasteiger partial charge on any atom is -1.00 e. The summed E-state index contributed by atoms with van der Waals surface area (Å²) in [4.78, 5) is 0. The predicted octanol–water partition coefficient (Wildman–Crippen LogP) is -1.39. The van der Waals surface area contributed by atoms with Crippen molar-refractivity contribution in [2.75, 3.05) is 0 Å². The van der Waals surface area contributed by atoms with Crippen LogP contribution in [-0.2, 0) is 12.8 Å². The van der Waals surface area contributed by atoms with Crippen LogP contribution in [0, 0.1) is 0 Å². The molecule has 0 heterocycles. The average molecular weight is 237 g/mol. The second kappa shape index (κ2) is 6.00. The topological polar surface area (TPSA) is 0 Å². The largest absolute Gasteiger partial charge is 1.00 e. The zero-order valence-corrected chi connectivity index (χ0v) is 10.7. The summed E-state index contributed by atoms with van der Waals surface area (Å²) < 4.78 is 1.51. The summed E-state index contributed by atoms with van der Waals surface area (Å²) in [6.45, 7) is 4.43. The van der Waals surface area contributed by atoms with E-state index in [0.29, 0.717) is 0 Å². The molecule has 1 aromatic rings. The fourth-order valence-corrected chi connectivity index (χ4v) is 2.09. The van der Waals surface area contributed by atoms with Gasteiger partial charge in [0.15, 0.2) is 0 Å². The first-order chi connectivity index (χ1) is 5.29. The van der Waals surface area contributed by atoms with E-state index in [0.717, 1.165) is 12.8 Å². The molecule has 0 saturated heterocycles. The van der Waals surface area contributed by atoms with E-state index in [4.69, 9.17) is 0 Å². The van der Waals surface area contributed by atoms with E-state index in [1.54, 1.807) is 0 Å². The Balaban J connectivity index is 0.00000121. The van der Waals surface area contributed by atoms with Crippen molar-refractivity contribution >= 4 is 25.4 Å². The summed E-state index contributed by atoms with van der Waals surface area (Å²) in [6.07, 6.45) is 2.32. The molecule has 0 spiro atoms. The maximum absolute atomic E-state index is 2.22. The summed E-state index contributed by atoms with van der Waals surface area (Å²) in [6, 6.07) is 6.61. The van der Waals surface area contributed by atoms with Gasteiger partial charge in [0.05, 0.1) is 0 Å². The fraction of sp³-hybridized carbons (Fsp3) is 0.400. The maximum Gasteiger partial charge on any atom is -1.00 e. The molecule has 0 saturated carbocycles. The van der Waals surface area contributed by atoms with Crippen LogP contribution in [0.1, 0.15) is 25.0 Å². The molecule has 62 valence electrons. The number of rotatable bonds is 2. The molecule has 0 radical (unpaired) electrons. The Morgan fingerprint density at radius 2 is 1.50 bits per heavy atom. The number of hydrogen-bond acceptors (Lipinski definition) is 0. The molecule has 0 fully saturated rings. The van der Waals surface area contributed by atoms with Crippen molar-refractivity contribution in [3.63, 3.8) is 0 Å². The van der Waals surface area contributed by atoms with Crippen LogP contribution in [0.5, 0.6) is 0 Å². The van der Waals surface area contributed by atoms with Gasteiger partial charge in [-0.3, -0.25) is 0 Å². The third-order valence-corrected chi connectivity index (χ3v) is 3.04. The van der Waals surface area contributed by atoms with Crippen molar-refractivity contribution in [1.82, 2.24) is 0 Å². The predicted molar refractivity (Wildman–Crippen MR) is 50.6 cm³/mol. The van der Waals surface area contributed by atoms with E-state index < -0.39 is 0 Å². The van der Waals surface area contributed by atoms with Crippen LogP contribution in [0.3, 0.4) is 0 Å². The third-order valence-electron chi connectivity index (χ3n) is 2.13. The Bertz CT molecular complexity index is 223. The summed E-state index contributed by atoms with van der Waals surface area (Å²) in [5, 5.41) is 0. The summed E-state index contributed by atoms with van der Waals surface area (Å²) in [5.74, 6) is 0. The number of hydrogen-bond donors (Lipinski definition) is 0. The van der Waals surface area contributed by atoms with Crippen LogP contribution >= 0.6 is 0 Å². The monoisotopic (exact) mass is 236 g/mol. The van der Waals surface area contributed by atoms with Crippen LogP contribution in [0.2, 0.25) is 0 Å². The van der Waals surface area contributed by atoms with Crippen LogP contribution in [0.15, 0.2) is 18.2 Å². The van der Waals surface area contributed by atoms with Crippen molar-refractivity contribution < 1.29 is 17.0 Å². The van der Waals surface area contributed by atoms with Gasteiger partial charge in [-0.25, -0.2) is 0 Å². The van der Waals surface area contributed by atoms with E-state index in [2.05, 4.69) is 32.0 Å². The molecular formula is C10H13BrMg. The first-order valence-electron chi connectivity index (χ1n) is 4.22. The second-order valence-electron chi connectivity index (χ2n) is 2.76. The zero-order valence-electron chi connectivity index (χ0n) is 7.73. The SMILES string of the molecule is CCc1cccc(CC)[c]1[Mg+].[Br-]. The molecule has 0 nitrogen and oxygen atoms in total. The molecule has 0 aliphatic carbocycles. The molecule has 0 atom stereocenters. The van der Waals surface area contributed by atoms with Gasteiger partial charge in [-0.05, 0) is 0 Å². The average Bonchev–Trinajstić information content (AvgIpc) is 2.05. The van der Waals surface area contributed by atoms with Crippen LogP contribution in [0.25, 0.3) is 0 Å². The zero-order chi connectivity index (χ0) is 8.27. The number of aryl methyl sites for hydroxylation is 2. The van der Waals surface area contributed by atoms with Gasteiger partial charge in [0.25, 0.3) is 0 Å². The van der Waals surface area contributed by atoms with Crippen LogP contribution < -0.4 is 20.7 Å². The first kappa shape index (κ1) is 12.5. The molecule has 0 aromatic heterocycles. The van der Waals surface area contributed by atoms with Crippen molar-refractivity contribution in [2.45, 2.75) is 26.7 Å². The standard InChI is InChI=1S/C10H13.BrH.Mg/c1-3-9-6-5-7-10(4-2)8-9;;/h5-7H,3-4H2,1-2H3;1H;/q;;+1/p-1. The Labute approximate surface area is 98.0 Å². The van der Waals surface area contributed by atoms with Gasteiger partial charge in [0.1, 0.15) is 0 Å².